The van der Waals surface area contributed by atoms with Crippen molar-refractivity contribution in [1.82, 2.24) is 4.72 Å². The minimum atomic E-state index is -3.45. The van der Waals surface area contributed by atoms with Gasteiger partial charge >= 0.3 is 0 Å². The van der Waals surface area contributed by atoms with Gasteiger partial charge in [0.05, 0.1) is 11.0 Å². The first kappa shape index (κ1) is 15.0. The Morgan fingerprint density at radius 3 is 2.79 bits per heavy atom. The molecule has 19 heavy (non-hydrogen) atoms. The van der Waals surface area contributed by atoms with Crippen LogP contribution in [0, 0.1) is 6.92 Å². The van der Waals surface area contributed by atoms with Gasteiger partial charge in [0.25, 0.3) is 0 Å². The SMILES string of the molecule is Cc1cc(S(=O)(=O)NC2CCOC(C)C2)ccc1Br. The molecule has 0 spiro atoms. The highest BCUT2D eigenvalue weighted by Gasteiger charge is 2.25. The van der Waals surface area contributed by atoms with Crippen LogP contribution in [0.2, 0.25) is 0 Å². The maximum atomic E-state index is 12.3. The maximum Gasteiger partial charge on any atom is 0.240 e. The van der Waals surface area contributed by atoms with E-state index in [1.807, 2.05) is 13.8 Å². The van der Waals surface area contributed by atoms with E-state index in [2.05, 4.69) is 20.7 Å². The normalized spacial score (nSPS) is 24.4. The van der Waals surface area contributed by atoms with Gasteiger partial charge in [0, 0.05) is 17.1 Å². The van der Waals surface area contributed by atoms with E-state index in [0.717, 1.165) is 22.9 Å². The molecule has 1 aromatic carbocycles. The van der Waals surface area contributed by atoms with Crippen molar-refractivity contribution in [2.75, 3.05) is 6.61 Å². The lowest BCUT2D eigenvalue weighted by molar-refractivity contribution is 0.0173. The van der Waals surface area contributed by atoms with Crippen LogP contribution >= 0.6 is 15.9 Å². The summed E-state index contributed by atoms with van der Waals surface area (Å²) in [5.41, 5.74) is 0.906. The number of benzene rings is 1. The van der Waals surface area contributed by atoms with E-state index in [0.29, 0.717) is 11.5 Å². The van der Waals surface area contributed by atoms with E-state index in [-0.39, 0.29) is 12.1 Å². The zero-order valence-corrected chi connectivity index (χ0v) is 13.4. The van der Waals surface area contributed by atoms with Gasteiger partial charge in [-0.2, -0.15) is 0 Å². The monoisotopic (exact) mass is 347 g/mol. The Kier molecular flexibility index (Phi) is 4.66. The lowest BCUT2D eigenvalue weighted by Crippen LogP contribution is -2.41. The third-order valence-corrected chi connectivity index (χ3v) is 5.65. The van der Waals surface area contributed by atoms with Crippen LogP contribution in [-0.4, -0.2) is 27.2 Å². The maximum absolute atomic E-state index is 12.3. The number of halogens is 1. The average Bonchev–Trinajstić information content (AvgIpc) is 2.32. The quantitative estimate of drug-likeness (QED) is 0.914. The molecule has 4 nitrogen and oxygen atoms in total. The Bertz CT molecular complexity index is 559. The second kappa shape index (κ2) is 5.91. The van der Waals surface area contributed by atoms with Crippen molar-refractivity contribution in [3.8, 4) is 0 Å². The summed E-state index contributed by atoms with van der Waals surface area (Å²) in [7, 11) is -3.45. The van der Waals surface area contributed by atoms with Crippen molar-refractivity contribution in [3.05, 3.63) is 28.2 Å². The van der Waals surface area contributed by atoms with Gasteiger partial charge in [-0.15, -0.1) is 0 Å². The first-order valence-electron chi connectivity index (χ1n) is 6.28. The van der Waals surface area contributed by atoms with Crippen LogP contribution in [0.1, 0.15) is 25.3 Å². The molecule has 1 aromatic rings. The van der Waals surface area contributed by atoms with Gasteiger partial charge in [-0.25, -0.2) is 13.1 Å². The molecule has 2 rings (SSSR count). The molecule has 0 amide bonds. The predicted octanol–water partition coefficient (Wildman–Crippen LogP) is 2.60. The Morgan fingerprint density at radius 2 is 2.16 bits per heavy atom. The zero-order chi connectivity index (χ0) is 14.0. The molecule has 0 radical (unpaired) electrons. The van der Waals surface area contributed by atoms with Gasteiger partial charge in [-0.05, 0) is 50.5 Å². The van der Waals surface area contributed by atoms with E-state index < -0.39 is 10.0 Å². The molecule has 1 N–H and O–H groups in total. The number of rotatable bonds is 3. The largest absolute Gasteiger partial charge is 0.378 e. The minimum Gasteiger partial charge on any atom is -0.378 e. The molecule has 106 valence electrons. The molecule has 1 aliphatic rings. The first-order chi connectivity index (χ1) is 8.88. The summed E-state index contributed by atoms with van der Waals surface area (Å²) < 4.78 is 33.7. The van der Waals surface area contributed by atoms with Crippen molar-refractivity contribution < 1.29 is 13.2 Å². The molecule has 1 aliphatic heterocycles. The standard InChI is InChI=1S/C13H18BrNO3S/c1-9-7-12(3-4-13(9)14)19(16,17)15-11-5-6-18-10(2)8-11/h3-4,7,10-11,15H,5-6,8H2,1-2H3. The molecule has 0 bridgehead atoms. The van der Waals surface area contributed by atoms with Crippen LogP contribution in [0.5, 0.6) is 0 Å². The summed E-state index contributed by atoms with van der Waals surface area (Å²) >= 11 is 3.37. The number of nitrogens with one attached hydrogen (secondary N) is 1. The molecule has 2 unspecified atom stereocenters. The number of hydrogen-bond donors (Lipinski definition) is 1. The Labute approximate surface area is 122 Å². The van der Waals surface area contributed by atoms with Crippen LogP contribution in [0.25, 0.3) is 0 Å². The molecule has 0 saturated carbocycles. The average molecular weight is 348 g/mol. The topological polar surface area (TPSA) is 55.4 Å². The number of ether oxygens (including phenoxy) is 1. The summed E-state index contributed by atoms with van der Waals surface area (Å²) in [6.45, 7) is 4.44. The lowest BCUT2D eigenvalue weighted by atomic mass is 10.1. The fraction of sp³-hybridized carbons (Fsp3) is 0.538. The second-order valence-corrected chi connectivity index (χ2v) is 7.50. The molecular formula is C13H18BrNO3S. The van der Waals surface area contributed by atoms with Crippen LogP contribution in [0.15, 0.2) is 27.6 Å². The van der Waals surface area contributed by atoms with Crippen molar-refractivity contribution in [3.63, 3.8) is 0 Å². The summed E-state index contributed by atoms with van der Waals surface area (Å²) in [6, 6.07) is 5.01. The van der Waals surface area contributed by atoms with Crippen LogP contribution in [0.4, 0.5) is 0 Å². The van der Waals surface area contributed by atoms with Gasteiger partial charge in [0.15, 0.2) is 0 Å². The van der Waals surface area contributed by atoms with Crippen LogP contribution < -0.4 is 4.72 Å². The summed E-state index contributed by atoms with van der Waals surface area (Å²) in [5.74, 6) is 0. The smallest absolute Gasteiger partial charge is 0.240 e. The highest BCUT2D eigenvalue weighted by atomic mass is 79.9. The highest BCUT2D eigenvalue weighted by molar-refractivity contribution is 9.10. The van der Waals surface area contributed by atoms with Gasteiger partial charge in [-0.1, -0.05) is 15.9 Å². The highest BCUT2D eigenvalue weighted by Crippen LogP contribution is 2.21. The Hall–Kier alpha value is -0.430. The van der Waals surface area contributed by atoms with Crippen molar-refractivity contribution >= 4 is 26.0 Å². The van der Waals surface area contributed by atoms with E-state index in [9.17, 15) is 8.42 Å². The summed E-state index contributed by atoms with van der Waals surface area (Å²) in [5, 5.41) is 0. The molecule has 6 heteroatoms. The molecular weight excluding hydrogens is 330 g/mol. The van der Waals surface area contributed by atoms with Crippen molar-refractivity contribution in [2.45, 2.75) is 43.7 Å². The fourth-order valence-electron chi connectivity index (χ4n) is 2.18. The molecule has 1 fully saturated rings. The Morgan fingerprint density at radius 1 is 1.42 bits per heavy atom. The molecule has 1 heterocycles. The van der Waals surface area contributed by atoms with Gasteiger partial charge in [-0.3, -0.25) is 0 Å². The number of sulfonamides is 1. The fourth-order valence-corrected chi connectivity index (χ4v) is 3.79. The predicted molar refractivity (Wildman–Crippen MR) is 77.6 cm³/mol. The number of aryl methyl sites for hydroxylation is 1. The van der Waals surface area contributed by atoms with Gasteiger partial charge in [0.1, 0.15) is 0 Å². The second-order valence-electron chi connectivity index (χ2n) is 4.93. The molecule has 0 aromatic heterocycles. The van der Waals surface area contributed by atoms with Crippen LogP contribution in [-0.2, 0) is 14.8 Å². The van der Waals surface area contributed by atoms with Gasteiger partial charge in [0.2, 0.25) is 10.0 Å². The van der Waals surface area contributed by atoms with E-state index in [1.54, 1.807) is 18.2 Å². The molecule has 0 aliphatic carbocycles. The molecule has 2 atom stereocenters. The third-order valence-electron chi connectivity index (χ3n) is 3.25. The zero-order valence-electron chi connectivity index (χ0n) is 11.0. The van der Waals surface area contributed by atoms with E-state index in [1.165, 1.54) is 0 Å². The number of hydrogen-bond acceptors (Lipinski definition) is 3. The molecule has 1 saturated heterocycles. The summed E-state index contributed by atoms with van der Waals surface area (Å²) in [6.07, 6.45) is 1.54. The summed E-state index contributed by atoms with van der Waals surface area (Å²) in [4.78, 5) is 0.312. The van der Waals surface area contributed by atoms with E-state index in [4.69, 9.17) is 4.74 Å². The van der Waals surface area contributed by atoms with Crippen LogP contribution in [0.3, 0.4) is 0 Å². The minimum absolute atomic E-state index is 0.0438. The first-order valence-corrected chi connectivity index (χ1v) is 8.56. The Balaban J connectivity index is 2.15. The third kappa shape index (κ3) is 3.78. The van der Waals surface area contributed by atoms with Gasteiger partial charge < -0.3 is 4.74 Å². The van der Waals surface area contributed by atoms with E-state index >= 15 is 0 Å². The van der Waals surface area contributed by atoms with Crippen molar-refractivity contribution in [2.24, 2.45) is 0 Å². The lowest BCUT2D eigenvalue weighted by Gasteiger charge is -2.27. The van der Waals surface area contributed by atoms with Crippen molar-refractivity contribution in [1.29, 1.82) is 0 Å².